The van der Waals surface area contributed by atoms with Crippen molar-refractivity contribution in [1.82, 2.24) is 10.2 Å². The lowest BCUT2D eigenvalue weighted by Gasteiger charge is -2.32. The van der Waals surface area contributed by atoms with Gasteiger partial charge in [-0.05, 0) is 53.1 Å². The number of nitrogens with one attached hydrogen (secondary N) is 1. The maximum absolute atomic E-state index is 5.28. The summed E-state index contributed by atoms with van der Waals surface area (Å²) in [6.45, 7) is 8.41. The van der Waals surface area contributed by atoms with Gasteiger partial charge in [-0.15, -0.1) is 0 Å². The fraction of sp³-hybridized carbons (Fsp3) is 0.571. The van der Waals surface area contributed by atoms with Crippen LogP contribution >= 0.6 is 0 Å². The van der Waals surface area contributed by atoms with Crippen LogP contribution in [0.15, 0.2) is 28.4 Å². The van der Waals surface area contributed by atoms with Crippen molar-refractivity contribution in [1.29, 1.82) is 0 Å². The average Bonchev–Trinajstić information content (AvgIpc) is 2.69. The summed E-state index contributed by atoms with van der Waals surface area (Å²) in [6, 6.07) is 3.87. The third-order valence-corrected chi connectivity index (χ3v) is 3.10. The summed E-state index contributed by atoms with van der Waals surface area (Å²) in [5.41, 5.74) is 1.44. The van der Waals surface area contributed by atoms with Gasteiger partial charge in [0.1, 0.15) is 5.76 Å². The third kappa shape index (κ3) is 4.75. The van der Waals surface area contributed by atoms with E-state index in [4.69, 9.17) is 4.42 Å². The van der Waals surface area contributed by atoms with Crippen molar-refractivity contribution < 1.29 is 4.42 Å². The first kappa shape index (κ1) is 14.0. The van der Waals surface area contributed by atoms with Crippen LogP contribution < -0.4 is 5.32 Å². The van der Waals surface area contributed by atoms with Gasteiger partial charge < -0.3 is 14.6 Å². The van der Waals surface area contributed by atoms with Crippen molar-refractivity contribution in [3.63, 3.8) is 0 Å². The monoisotopic (exact) mass is 236 g/mol. The molecule has 0 aliphatic carbocycles. The van der Waals surface area contributed by atoms with Crippen molar-refractivity contribution in [2.75, 3.05) is 27.2 Å². The summed E-state index contributed by atoms with van der Waals surface area (Å²) in [6.07, 6.45) is 3.76. The fourth-order valence-electron chi connectivity index (χ4n) is 1.39. The molecule has 1 aromatic rings. The second kappa shape index (κ2) is 6.03. The van der Waals surface area contributed by atoms with Crippen molar-refractivity contribution in [3.8, 4) is 0 Å². The lowest BCUT2D eigenvalue weighted by Crippen LogP contribution is -2.46. The zero-order valence-corrected chi connectivity index (χ0v) is 11.6. The molecule has 3 heteroatoms. The van der Waals surface area contributed by atoms with Crippen LogP contribution in [0.4, 0.5) is 0 Å². The minimum atomic E-state index is 0.172. The van der Waals surface area contributed by atoms with Crippen molar-refractivity contribution in [2.24, 2.45) is 0 Å². The predicted molar refractivity (Wildman–Crippen MR) is 73.0 cm³/mol. The maximum atomic E-state index is 5.28. The standard InChI is InChI=1S/C14H24N2O/c1-12(9-13-7-6-8-17-13)10-15-11-14(2,3)16(4)5/h6-9,15H,10-11H2,1-5H3. The summed E-state index contributed by atoms with van der Waals surface area (Å²) in [5.74, 6) is 0.913. The largest absolute Gasteiger partial charge is 0.465 e. The van der Waals surface area contributed by atoms with Gasteiger partial charge in [0.05, 0.1) is 6.26 Å². The second-order valence-corrected chi connectivity index (χ2v) is 5.32. The van der Waals surface area contributed by atoms with E-state index >= 15 is 0 Å². The van der Waals surface area contributed by atoms with E-state index in [-0.39, 0.29) is 5.54 Å². The summed E-state index contributed by atoms with van der Waals surface area (Å²) in [4.78, 5) is 2.23. The van der Waals surface area contributed by atoms with Crippen LogP contribution in [0.25, 0.3) is 6.08 Å². The van der Waals surface area contributed by atoms with Gasteiger partial charge in [-0.3, -0.25) is 0 Å². The fourth-order valence-corrected chi connectivity index (χ4v) is 1.39. The first-order valence-electron chi connectivity index (χ1n) is 6.00. The first-order chi connectivity index (χ1) is 7.92. The Morgan fingerprint density at radius 1 is 1.47 bits per heavy atom. The number of nitrogens with zero attached hydrogens (tertiary/aromatic N) is 1. The molecule has 0 atom stereocenters. The van der Waals surface area contributed by atoms with Gasteiger partial charge in [0.15, 0.2) is 0 Å². The van der Waals surface area contributed by atoms with E-state index in [9.17, 15) is 0 Å². The predicted octanol–water partition coefficient (Wildman–Crippen LogP) is 2.61. The summed E-state index contributed by atoms with van der Waals surface area (Å²) in [5, 5.41) is 3.47. The highest BCUT2D eigenvalue weighted by atomic mass is 16.3. The molecule has 0 aromatic carbocycles. The van der Waals surface area contributed by atoms with Gasteiger partial charge in [0.2, 0.25) is 0 Å². The van der Waals surface area contributed by atoms with Gasteiger partial charge in [-0.25, -0.2) is 0 Å². The van der Waals surface area contributed by atoms with E-state index in [1.54, 1.807) is 6.26 Å². The minimum absolute atomic E-state index is 0.172. The van der Waals surface area contributed by atoms with Crippen LogP contribution in [-0.2, 0) is 0 Å². The number of furan rings is 1. The van der Waals surface area contributed by atoms with Crippen LogP contribution in [0.3, 0.4) is 0 Å². The quantitative estimate of drug-likeness (QED) is 0.823. The maximum Gasteiger partial charge on any atom is 0.126 e. The van der Waals surface area contributed by atoms with Gasteiger partial charge in [-0.1, -0.05) is 5.57 Å². The molecule has 0 saturated carbocycles. The molecule has 3 nitrogen and oxygen atoms in total. The topological polar surface area (TPSA) is 28.4 Å². The van der Waals surface area contributed by atoms with Gasteiger partial charge >= 0.3 is 0 Å². The number of likely N-dealkylation sites (N-methyl/N-ethyl adjacent to an activating group) is 1. The zero-order valence-electron chi connectivity index (χ0n) is 11.6. The Balaban J connectivity index is 2.37. The lowest BCUT2D eigenvalue weighted by atomic mass is 10.0. The molecule has 17 heavy (non-hydrogen) atoms. The normalized spacial score (nSPS) is 13.4. The Bertz CT molecular complexity index is 350. The van der Waals surface area contributed by atoms with Crippen molar-refractivity contribution in [3.05, 3.63) is 29.7 Å². The van der Waals surface area contributed by atoms with Crippen LogP contribution in [0.1, 0.15) is 26.5 Å². The Kier molecular flexibility index (Phi) is 4.97. The zero-order chi connectivity index (χ0) is 12.9. The lowest BCUT2D eigenvalue weighted by molar-refractivity contribution is 0.192. The van der Waals surface area contributed by atoms with Crippen molar-refractivity contribution >= 4 is 6.08 Å². The second-order valence-electron chi connectivity index (χ2n) is 5.32. The van der Waals surface area contributed by atoms with E-state index in [0.29, 0.717) is 0 Å². The van der Waals surface area contributed by atoms with E-state index in [1.807, 2.05) is 12.1 Å². The van der Waals surface area contributed by atoms with E-state index < -0.39 is 0 Å². The molecule has 96 valence electrons. The molecule has 1 rings (SSSR count). The Hall–Kier alpha value is -1.06. The first-order valence-corrected chi connectivity index (χ1v) is 6.00. The Labute approximate surface area is 104 Å². The van der Waals surface area contributed by atoms with E-state index in [1.165, 1.54) is 5.57 Å². The number of hydrogen-bond acceptors (Lipinski definition) is 3. The molecular weight excluding hydrogens is 212 g/mol. The molecular formula is C14H24N2O. The van der Waals surface area contributed by atoms with Crippen LogP contribution in [0, 0.1) is 0 Å². The van der Waals surface area contributed by atoms with E-state index in [2.05, 4.69) is 51.2 Å². The molecule has 1 heterocycles. The van der Waals surface area contributed by atoms with Gasteiger partial charge in [0.25, 0.3) is 0 Å². The molecule has 0 saturated heterocycles. The molecule has 0 aliphatic heterocycles. The van der Waals surface area contributed by atoms with Crippen LogP contribution in [0.5, 0.6) is 0 Å². The van der Waals surface area contributed by atoms with Crippen LogP contribution in [-0.4, -0.2) is 37.6 Å². The molecule has 0 amide bonds. The molecule has 0 aliphatic rings. The summed E-state index contributed by atoms with van der Waals surface area (Å²) in [7, 11) is 4.21. The summed E-state index contributed by atoms with van der Waals surface area (Å²) < 4.78 is 5.28. The van der Waals surface area contributed by atoms with Crippen molar-refractivity contribution in [2.45, 2.75) is 26.3 Å². The molecule has 1 N–H and O–H groups in total. The molecule has 0 bridgehead atoms. The van der Waals surface area contributed by atoms with Crippen LogP contribution in [0.2, 0.25) is 0 Å². The Morgan fingerprint density at radius 3 is 2.71 bits per heavy atom. The minimum Gasteiger partial charge on any atom is -0.465 e. The third-order valence-electron chi connectivity index (χ3n) is 3.10. The van der Waals surface area contributed by atoms with E-state index in [0.717, 1.165) is 18.8 Å². The SMILES string of the molecule is CC(=Cc1ccco1)CNCC(C)(C)N(C)C. The highest BCUT2D eigenvalue weighted by molar-refractivity contribution is 5.46. The molecule has 0 fully saturated rings. The van der Waals surface area contributed by atoms with Gasteiger partial charge in [-0.2, -0.15) is 0 Å². The molecule has 0 spiro atoms. The highest BCUT2D eigenvalue weighted by Gasteiger charge is 2.19. The molecule has 1 aromatic heterocycles. The number of hydrogen-bond donors (Lipinski definition) is 1. The highest BCUT2D eigenvalue weighted by Crippen LogP contribution is 2.09. The number of rotatable bonds is 6. The summed E-state index contributed by atoms with van der Waals surface area (Å²) >= 11 is 0. The average molecular weight is 236 g/mol. The smallest absolute Gasteiger partial charge is 0.126 e. The Morgan fingerprint density at radius 2 is 2.18 bits per heavy atom. The van der Waals surface area contributed by atoms with Gasteiger partial charge in [0, 0.05) is 18.6 Å². The molecule has 0 unspecified atom stereocenters. The molecule has 0 radical (unpaired) electrons.